The molecule has 0 saturated carbocycles. The van der Waals surface area contributed by atoms with E-state index in [9.17, 15) is 13.7 Å². The van der Waals surface area contributed by atoms with Crippen LogP contribution < -0.4 is 4.18 Å². The van der Waals surface area contributed by atoms with Gasteiger partial charge in [-0.25, -0.2) is 0 Å². The van der Waals surface area contributed by atoms with Crippen molar-refractivity contribution in [2.75, 3.05) is 26.3 Å². The third-order valence-corrected chi connectivity index (χ3v) is 6.09. The van der Waals surface area contributed by atoms with Crippen LogP contribution in [0.3, 0.4) is 0 Å². The smallest absolute Gasteiger partial charge is 0.379 e. The number of aromatic nitrogens is 2. The molecule has 4 rings (SSSR count). The van der Waals surface area contributed by atoms with Crippen molar-refractivity contribution >= 4 is 21.2 Å². The van der Waals surface area contributed by atoms with Gasteiger partial charge in [-0.15, -0.1) is 0 Å². The lowest BCUT2D eigenvalue weighted by Crippen LogP contribution is -2.42. The van der Waals surface area contributed by atoms with E-state index in [-0.39, 0.29) is 18.8 Å². The number of morpholine rings is 1. The van der Waals surface area contributed by atoms with Crippen LogP contribution in [-0.4, -0.2) is 48.6 Å². The first-order chi connectivity index (χ1) is 13.5. The molecule has 1 aromatic carbocycles. The van der Waals surface area contributed by atoms with Crippen molar-refractivity contribution in [3.8, 4) is 23.1 Å². The molecule has 0 unspecified atom stereocenters. The van der Waals surface area contributed by atoms with Gasteiger partial charge in [0.1, 0.15) is 6.07 Å². The zero-order valence-electron chi connectivity index (χ0n) is 15.2. The summed E-state index contributed by atoms with van der Waals surface area (Å²) < 4.78 is 38.6. The van der Waals surface area contributed by atoms with E-state index in [1.807, 2.05) is 35.9 Å². The van der Waals surface area contributed by atoms with Crippen LogP contribution in [0.25, 0.3) is 22.2 Å². The van der Waals surface area contributed by atoms with Gasteiger partial charge in [0.25, 0.3) is 0 Å². The van der Waals surface area contributed by atoms with Crippen molar-refractivity contribution < 1.29 is 17.3 Å². The highest BCUT2D eigenvalue weighted by Gasteiger charge is 2.27. The second kappa shape index (κ2) is 7.24. The molecule has 3 heterocycles. The number of hydrogen-bond donors (Lipinski definition) is 0. The van der Waals surface area contributed by atoms with Crippen LogP contribution in [-0.2, 0) is 22.1 Å². The number of nitriles is 1. The Hall–Kier alpha value is -2.93. The van der Waals surface area contributed by atoms with Gasteiger partial charge < -0.3 is 13.5 Å². The molecule has 0 atom stereocenters. The Labute approximate surface area is 162 Å². The molecular formula is C19H18N4O4S. The van der Waals surface area contributed by atoms with Gasteiger partial charge in [-0.3, -0.25) is 4.98 Å². The monoisotopic (exact) mass is 398 g/mol. The molecule has 2 aromatic heterocycles. The minimum Gasteiger partial charge on any atom is -0.379 e. The second-order valence-electron chi connectivity index (χ2n) is 6.37. The zero-order chi connectivity index (χ0) is 19.7. The van der Waals surface area contributed by atoms with E-state index >= 15 is 0 Å². The van der Waals surface area contributed by atoms with E-state index in [0.29, 0.717) is 30.0 Å². The number of benzene rings is 1. The van der Waals surface area contributed by atoms with Crippen molar-refractivity contribution in [2.24, 2.45) is 7.05 Å². The zero-order valence-corrected chi connectivity index (χ0v) is 16.0. The molecule has 1 aliphatic heterocycles. The average molecular weight is 398 g/mol. The normalized spacial score (nSPS) is 15.4. The summed E-state index contributed by atoms with van der Waals surface area (Å²) in [6.07, 6.45) is 2.93. The van der Waals surface area contributed by atoms with Gasteiger partial charge in [-0.05, 0) is 12.1 Å². The first-order valence-corrected chi connectivity index (χ1v) is 10.1. The molecule has 8 nitrogen and oxygen atoms in total. The average Bonchev–Trinajstić information content (AvgIpc) is 3.00. The standard InChI is InChI=1S/C19H18N4O4S/c1-22-18-5-3-2-4-16(18)17(11-20)19(22)14-10-15(13-21-12-14)27-28(24,25)23-6-8-26-9-7-23/h2-5,10,12-13H,6-9H2,1H3. The van der Waals surface area contributed by atoms with Crippen LogP contribution in [0.1, 0.15) is 5.56 Å². The summed E-state index contributed by atoms with van der Waals surface area (Å²) in [6.45, 7) is 1.17. The first-order valence-electron chi connectivity index (χ1n) is 8.71. The lowest BCUT2D eigenvalue weighted by atomic mass is 10.1. The number of rotatable bonds is 4. The van der Waals surface area contributed by atoms with Gasteiger partial charge >= 0.3 is 10.3 Å². The van der Waals surface area contributed by atoms with Crippen molar-refractivity contribution in [3.05, 3.63) is 48.3 Å². The van der Waals surface area contributed by atoms with Gasteiger partial charge in [0.05, 0.1) is 30.7 Å². The van der Waals surface area contributed by atoms with Crippen molar-refractivity contribution in [3.63, 3.8) is 0 Å². The number of nitrogens with zero attached hydrogens (tertiary/aromatic N) is 4. The Balaban J connectivity index is 1.73. The molecule has 1 saturated heterocycles. The summed E-state index contributed by atoms with van der Waals surface area (Å²) >= 11 is 0. The summed E-state index contributed by atoms with van der Waals surface area (Å²) in [5.74, 6) is 0.0955. The molecule has 0 aliphatic carbocycles. The topological polar surface area (TPSA) is 97.5 Å². The fourth-order valence-corrected chi connectivity index (χ4v) is 4.42. The van der Waals surface area contributed by atoms with Crippen molar-refractivity contribution in [1.29, 1.82) is 5.26 Å². The molecule has 1 aliphatic rings. The number of aryl methyl sites for hydroxylation is 1. The molecule has 0 bridgehead atoms. The quantitative estimate of drug-likeness (QED) is 0.667. The summed E-state index contributed by atoms with van der Waals surface area (Å²) in [7, 11) is -2.09. The van der Waals surface area contributed by atoms with E-state index in [1.165, 1.54) is 10.5 Å². The highest BCUT2D eigenvalue weighted by atomic mass is 32.2. The molecule has 144 valence electrons. The van der Waals surface area contributed by atoms with Crippen LogP contribution in [0, 0.1) is 11.3 Å². The van der Waals surface area contributed by atoms with Crippen molar-refractivity contribution in [1.82, 2.24) is 13.9 Å². The predicted molar refractivity (Wildman–Crippen MR) is 103 cm³/mol. The molecule has 3 aromatic rings. The largest absolute Gasteiger partial charge is 0.385 e. The highest BCUT2D eigenvalue weighted by Crippen LogP contribution is 2.33. The Morgan fingerprint density at radius 2 is 1.96 bits per heavy atom. The van der Waals surface area contributed by atoms with Crippen LogP contribution in [0.15, 0.2) is 42.7 Å². The molecule has 0 spiro atoms. The van der Waals surface area contributed by atoms with Crippen molar-refractivity contribution in [2.45, 2.75) is 0 Å². The fourth-order valence-electron chi connectivity index (χ4n) is 3.38. The second-order valence-corrected chi connectivity index (χ2v) is 7.91. The Bertz CT molecular complexity index is 1170. The Morgan fingerprint density at radius 3 is 2.71 bits per heavy atom. The van der Waals surface area contributed by atoms with E-state index in [2.05, 4.69) is 11.1 Å². The highest BCUT2D eigenvalue weighted by molar-refractivity contribution is 7.84. The molecule has 28 heavy (non-hydrogen) atoms. The van der Waals surface area contributed by atoms with Crippen LogP contribution >= 0.6 is 0 Å². The molecule has 1 fully saturated rings. The summed E-state index contributed by atoms with van der Waals surface area (Å²) in [5, 5.41) is 10.5. The first kappa shape index (κ1) is 18.4. The van der Waals surface area contributed by atoms with Gasteiger partial charge in [-0.2, -0.15) is 18.0 Å². The van der Waals surface area contributed by atoms with Gasteiger partial charge in [0, 0.05) is 42.8 Å². The number of hydrogen-bond acceptors (Lipinski definition) is 6. The molecule has 9 heteroatoms. The molecule has 0 radical (unpaired) electrons. The predicted octanol–water partition coefficient (Wildman–Crippen LogP) is 2.07. The summed E-state index contributed by atoms with van der Waals surface area (Å²) in [5.41, 5.74) is 2.67. The van der Waals surface area contributed by atoms with E-state index in [0.717, 1.165) is 10.9 Å². The van der Waals surface area contributed by atoms with E-state index in [1.54, 1.807) is 12.3 Å². The SMILES string of the molecule is Cn1c(-c2cncc(OS(=O)(=O)N3CCOCC3)c2)c(C#N)c2ccccc21. The Kier molecular flexibility index (Phi) is 4.77. The third-order valence-electron chi connectivity index (χ3n) is 4.69. The van der Waals surface area contributed by atoms with E-state index < -0.39 is 10.3 Å². The lowest BCUT2D eigenvalue weighted by molar-refractivity contribution is 0.0698. The van der Waals surface area contributed by atoms with Crippen LogP contribution in [0.2, 0.25) is 0 Å². The number of para-hydroxylation sites is 1. The minimum absolute atomic E-state index is 0.0955. The number of ether oxygens (including phenoxy) is 1. The Morgan fingerprint density at radius 1 is 1.21 bits per heavy atom. The minimum atomic E-state index is -3.94. The van der Waals surface area contributed by atoms with Crippen LogP contribution in [0.5, 0.6) is 5.75 Å². The van der Waals surface area contributed by atoms with Gasteiger partial charge in [0.2, 0.25) is 0 Å². The maximum absolute atomic E-state index is 12.5. The number of fused-ring (bicyclic) bond motifs is 1. The van der Waals surface area contributed by atoms with Gasteiger partial charge in [-0.1, -0.05) is 18.2 Å². The van der Waals surface area contributed by atoms with E-state index in [4.69, 9.17) is 8.92 Å². The van der Waals surface area contributed by atoms with Gasteiger partial charge in [0.15, 0.2) is 5.75 Å². The molecule has 0 amide bonds. The molecular weight excluding hydrogens is 380 g/mol. The summed E-state index contributed by atoms with van der Waals surface area (Å²) in [6, 6.07) is 11.4. The number of pyridine rings is 1. The molecule has 0 N–H and O–H groups in total. The lowest BCUT2D eigenvalue weighted by Gasteiger charge is -2.25. The van der Waals surface area contributed by atoms with Crippen LogP contribution in [0.4, 0.5) is 0 Å². The summed E-state index contributed by atoms with van der Waals surface area (Å²) in [4.78, 5) is 4.12. The maximum atomic E-state index is 12.5. The maximum Gasteiger partial charge on any atom is 0.385 e. The fraction of sp³-hybridized carbons (Fsp3) is 0.263. The third kappa shape index (κ3) is 3.22.